The van der Waals surface area contributed by atoms with Crippen molar-refractivity contribution >= 4 is 6.03 Å². The lowest BCUT2D eigenvalue weighted by atomic mass is 9.82. The van der Waals surface area contributed by atoms with Crippen LogP contribution in [0.25, 0.3) is 0 Å². The van der Waals surface area contributed by atoms with E-state index in [0.717, 1.165) is 19.3 Å². The van der Waals surface area contributed by atoms with Gasteiger partial charge in [0.05, 0.1) is 0 Å². The summed E-state index contributed by atoms with van der Waals surface area (Å²) >= 11 is 0. The summed E-state index contributed by atoms with van der Waals surface area (Å²) in [4.78, 5) is 14.4. The van der Waals surface area contributed by atoms with E-state index in [9.17, 15) is 4.79 Å². The standard InChI is InChI=1S/C15H29N3O2/c1-11(6-7-19)10-16-15(20)17-12-8-13-4-3-5-14(9-12)18(13)2/h11-14,19H,3-10H2,1-2H3,(H2,16,17,20). The van der Waals surface area contributed by atoms with E-state index in [1.165, 1.54) is 19.3 Å². The second kappa shape index (κ2) is 7.27. The second-order valence-electron chi connectivity index (χ2n) is 6.54. The molecule has 3 N–H and O–H groups in total. The van der Waals surface area contributed by atoms with Crippen LogP contribution >= 0.6 is 0 Å². The van der Waals surface area contributed by atoms with Crippen molar-refractivity contribution in [2.45, 2.75) is 63.6 Å². The SMILES string of the molecule is CC(CCO)CNC(=O)NC1CC2CCCC(C1)N2C. The maximum Gasteiger partial charge on any atom is 0.315 e. The van der Waals surface area contributed by atoms with Gasteiger partial charge >= 0.3 is 6.03 Å². The molecule has 0 aromatic rings. The predicted molar refractivity (Wildman–Crippen MR) is 79.6 cm³/mol. The van der Waals surface area contributed by atoms with Crippen molar-refractivity contribution in [2.24, 2.45) is 5.92 Å². The molecular formula is C15H29N3O2. The molecule has 116 valence electrons. The number of aliphatic hydroxyl groups excluding tert-OH is 1. The lowest BCUT2D eigenvalue weighted by Crippen LogP contribution is -2.56. The van der Waals surface area contributed by atoms with Gasteiger partial charge in [0.1, 0.15) is 0 Å². The molecule has 0 radical (unpaired) electrons. The smallest absolute Gasteiger partial charge is 0.315 e. The summed E-state index contributed by atoms with van der Waals surface area (Å²) in [6.07, 6.45) is 6.75. The molecule has 2 bridgehead atoms. The zero-order chi connectivity index (χ0) is 14.5. The minimum Gasteiger partial charge on any atom is -0.396 e. The van der Waals surface area contributed by atoms with E-state index in [1.807, 2.05) is 6.92 Å². The summed E-state index contributed by atoms with van der Waals surface area (Å²) in [6.45, 7) is 2.85. The van der Waals surface area contributed by atoms with Crippen LogP contribution in [0.5, 0.6) is 0 Å². The fourth-order valence-corrected chi connectivity index (χ4v) is 3.56. The van der Waals surface area contributed by atoms with Crippen molar-refractivity contribution in [3.63, 3.8) is 0 Å². The average Bonchev–Trinajstić information content (AvgIpc) is 2.38. The molecule has 0 aliphatic carbocycles. The number of piperidine rings is 2. The van der Waals surface area contributed by atoms with E-state index < -0.39 is 0 Å². The van der Waals surface area contributed by atoms with Crippen LogP contribution in [-0.2, 0) is 0 Å². The van der Waals surface area contributed by atoms with Gasteiger partial charge in [-0.05, 0) is 45.1 Å². The monoisotopic (exact) mass is 283 g/mol. The van der Waals surface area contributed by atoms with Crippen LogP contribution in [0.3, 0.4) is 0 Å². The summed E-state index contributed by atoms with van der Waals surface area (Å²) in [5.74, 6) is 0.322. The molecule has 2 heterocycles. The van der Waals surface area contributed by atoms with Crippen LogP contribution < -0.4 is 10.6 Å². The normalized spacial score (nSPS) is 31.6. The van der Waals surface area contributed by atoms with Crippen molar-refractivity contribution < 1.29 is 9.90 Å². The fraction of sp³-hybridized carbons (Fsp3) is 0.933. The van der Waals surface area contributed by atoms with Gasteiger partial charge in [0.2, 0.25) is 0 Å². The van der Waals surface area contributed by atoms with Gasteiger partial charge in [-0.1, -0.05) is 13.3 Å². The Kier molecular flexibility index (Phi) is 5.66. The first kappa shape index (κ1) is 15.6. The largest absolute Gasteiger partial charge is 0.396 e. The Morgan fingerprint density at radius 2 is 2.00 bits per heavy atom. The zero-order valence-electron chi connectivity index (χ0n) is 12.8. The summed E-state index contributed by atoms with van der Waals surface area (Å²) in [7, 11) is 2.22. The van der Waals surface area contributed by atoms with Gasteiger partial charge in [-0.2, -0.15) is 0 Å². The molecule has 2 saturated heterocycles. The highest BCUT2D eigenvalue weighted by Gasteiger charge is 2.36. The van der Waals surface area contributed by atoms with Crippen LogP contribution in [0, 0.1) is 5.92 Å². The number of aliphatic hydroxyl groups is 1. The number of nitrogens with one attached hydrogen (secondary N) is 2. The van der Waals surface area contributed by atoms with Gasteiger partial charge in [-0.25, -0.2) is 4.79 Å². The van der Waals surface area contributed by atoms with Crippen molar-refractivity contribution in [3.05, 3.63) is 0 Å². The van der Waals surface area contributed by atoms with Gasteiger partial charge in [0.25, 0.3) is 0 Å². The highest BCUT2D eigenvalue weighted by molar-refractivity contribution is 5.74. The molecule has 2 amide bonds. The predicted octanol–water partition coefficient (Wildman–Crippen LogP) is 1.32. The Morgan fingerprint density at radius 1 is 1.35 bits per heavy atom. The third-order valence-electron chi connectivity index (χ3n) is 4.91. The molecule has 2 aliphatic heterocycles. The Morgan fingerprint density at radius 3 is 2.60 bits per heavy atom. The van der Waals surface area contributed by atoms with Gasteiger partial charge in [-0.3, -0.25) is 0 Å². The van der Waals surface area contributed by atoms with Crippen LogP contribution in [0.2, 0.25) is 0 Å². The summed E-state index contributed by atoms with van der Waals surface area (Å²) < 4.78 is 0. The maximum atomic E-state index is 11.9. The first-order chi connectivity index (χ1) is 9.60. The molecule has 0 aromatic carbocycles. The van der Waals surface area contributed by atoms with Crippen molar-refractivity contribution in [1.29, 1.82) is 0 Å². The lowest BCUT2D eigenvalue weighted by molar-refractivity contribution is 0.0508. The minimum atomic E-state index is -0.0533. The number of hydrogen-bond donors (Lipinski definition) is 3. The third kappa shape index (κ3) is 4.09. The number of amides is 2. The van der Waals surface area contributed by atoms with Crippen LogP contribution in [0.15, 0.2) is 0 Å². The number of carbonyl (C=O) groups excluding carboxylic acids is 1. The highest BCUT2D eigenvalue weighted by atomic mass is 16.3. The maximum absolute atomic E-state index is 11.9. The summed E-state index contributed by atoms with van der Waals surface area (Å²) in [6, 6.07) is 1.54. The fourth-order valence-electron chi connectivity index (χ4n) is 3.56. The van der Waals surface area contributed by atoms with Gasteiger partial charge in [0, 0.05) is 31.3 Å². The molecule has 0 aromatic heterocycles. The number of urea groups is 1. The molecule has 5 heteroatoms. The molecule has 2 fully saturated rings. The first-order valence-corrected chi connectivity index (χ1v) is 7.97. The Bertz CT molecular complexity index is 310. The van der Waals surface area contributed by atoms with Crippen LogP contribution in [-0.4, -0.2) is 54.4 Å². The zero-order valence-corrected chi connectivity index (χ0v) is 12.8. The van der Waals surface area contributed by atoms with E-state index in [-0.39, 0.29) is 12.6 Å². The van der Waals surface area contributed by atoms with Crippen molar-refractivity contribution in [2.75, 3.05) is 20.2 Å². The molecule has 0 saturated carbocycles. The van der Waals surface area contributed by atoms with Crippen LogP contribution in [0.4, 0.5) is 4.79 Å². The van der Waals surface area contributed by atoms with Crippen molar-refractivity contribution in [3.8, 4) is 0 Å². The summed E-state index contributed by atoms with van der Waals surface area (Å²) in [5.41, 5.74) is 0. The molecule has 5 nitrogen and oxygen atoms in total. The van der Waals surface area contributed by atoms with E-state index in [0.29, 0.717) is 30.6 Å². The number of nitrogens with zero attached hydrogens (tertiary/aromatic N) is 1. The Balaban J connectivity index is 1.72. The third-order valence-corrected chi connectivity index (χ3v) is 4.91. The molecule has 2 rings (SSSR count). The number of fused-ring (bicyclic) bond motifs is 2. The molecular weight excluding hydrogens is 254 g/mol. The van der Waals surface area contributed by atoms with E-state index in [1.54, 1.807) is 0 Å². The number of rotatable bonds is 5. The molecule has 3 atom stereocenters. The minimum absolute atomic E-state index is 0.0533. The topological polar surface area (TPSA) is 64.6 Å². The number of carbonyl (C=O) groups is 1. The first-order valence-electron chi connectivity index (χ1n) is 7.97. The lowest BCUT2D eigenvalue weighted by Gasteiger charge is -2.47. The van der Waals surface area contributed by atoms with Crippen molar-refractivity contribution in [1.82, 2.24) is 15.5 Å². The second-order valence-corrected chi connectivity index (χ2v) is 6.54. The van der Waals surface area contributed by atoms with Gasteiger partial charge < -0.3 is 20.6 Å². The quantitative estimate of drug-likeness (QED) is 0.713. The highest BCUT2D eigenvalue weighted by Crippen LogP contribution is 2.32. The van der Waals surface area contributed by atoms with E-state index in [4.69, 9.17) is 5.11 Å². The average molecular weight is 283 g/mol. The van der Waals surface area contributed by atoms with Gasteiger partial charge in [-0.15, -0.1) is 0 Å². The molecule has 2 aliphatic rings. The number of hydrogen-bond acceptors (Lipinski definition) is 3. The molecule has 3 unspecified atom stereocenters. The Labute approximate surface area is 122 Å². The molecule has 0 spiro atoms. The van der Waals surface area contributed by atoms with E-state index >= 15 is 0 Å². The molecule has 20 heavy (non-hydrogen) atoms. The van der Waals surface area contributed by atoms with Crippen LogP contribution in [0.1, 0.15) is 45.4 Å². The Hall–Kier alpha value is -0.810. The van der Waals surface area contributed by atoms with E-state index in [2.05, 4.69) is 22.6 Å². The summed E-state index contributed by atoms with van der Waals surface area (Å²) in [5, 5.41) is 14.9. The van der Waals surface area contributed by atoms with Gasteiger partial charge in [0.15, 0.2) is 0 Å².